The van der Waals surface area contributed by atoms with Crippen LogP contribution in [-0.4, -0.2) is 82.8 Å². The zero-order valence-electron chi connectivity index (χ0n) is 15.8. The van der Waals surface area contributed by atoms with Crippen molar-refractivity contribution in [3.8, 4) is 0 Å². The number of aromatic nitrogens is 2. The first-order chi connectivity index (χ1) is 13.3. The van der Waals surface area contributed by atoms with Crippen molar-refractivity contribution in [2.24, 2.45) is 0 Å². The molecular weight excluding hydrogens is 338 g/mol. The lowest BCUT2D eigenvalue weighted by Crippen LogP contribution is -2.59. The van der Waals surface area contributed by atoms with Gasteiger partial charge >= 0.3 is 0 Å². The van der Waals surface area contributed by atoms with Crippen molar-refractivity contribution in [1.82, 2.24) is 19.8 Å². The largest absolute Gasteiger partial charge is 0.390 e. The number of aliphatic hydroxyl groups excluding tert-OH is 1. The number of β-amino-alcohol motifs (C(OH)–C–C–N with tert-alkyl or cyclic N) is 1. The van der Waals surface area contributed by atoms with Gasteiger partial charge in [-0.15, -0.1) is 0 Å². The fourth-order valence-corrected chi connectivity index (χ4v) is 4.26. The Morgan fingerprint density at radius 1 is 1.00 bits per heavy atom. The lowest BCUT2D eigenvalue weighted by molar-refractivity contribution is 0.00967. The zero-order valence-corrected chi connectivity index (χ0v) is 15.8. The molecule has 144 valence electrons. The number of aliphatic hydroxyl groups is 1. The second-order valence-electron chi connectivity index (χ2n) is 7.55. The average molecular weight is 367 g/mol. The van der Waals surface area contributed by atoms with E-state index in [-0.39, 0.29) is 12.1 Å². The van der Waals surface area contributed by atoms with E-state index in [1.165, 1.54) is 5.56 Å². The third kappa shape index (κ3) is 4.64. The van der Waals surface area contributed by atoms with E-state index in [9.17, 15) is 5.11 Å². The minimum atomic E-state index is -0.336. The van der Waals surface area contributed by atoms with Gasteiger partial charge in [-0.1, -0.05) is 30.3 Å². The van der Waals surface area contributed by atoms with Gasteiger partial charge in [0, 0.05) is 64.2 Å². The predicted molar refractivity (Wildman–Crippen MR) is 107 cm³/mol. The van der Waals surface area contributed by atoms with Crippen molar-refractivity contribution in [2.75, 3.05) is 50.7 Å². The first-order valence-corrected chi connectivity index (χ1v) is 9.99. The smallest absolute Gasteiger partial charge is 0.147 e. The predicted octanol–water partition coefficient (Wildman–Crippen LogP) is 1.28. The van der Waals surface area contributed by atoms with Gasteiger partial charge < -0.3 is 14.9 Å². The standard InChI is InChI=1S/C21H29N5O/c27-20-17-26(21-16-22-8-9-23-21)11-7-19(20)25-14-12-24(13-15-25)10-6-18-4-2-1-3-5-18/h1-5,8-9,16,19-20,27H,6-7,10-15,17H2/t19-,20-/m1/s1. The molecule has 2 aliphatic rings. The maximum atomic E-state index is 10.7. The van der Waals surface area contributed by atoms with E-state index < -0.39 is 0 Å². The molecule has 2 aromatic rings. The van der Waals surface area contributed by atoms with Gasteiger partial charge in [0.2, 0.25) is 0 Å². The Balaban J connectivity index is 1.24. The number of piperazine rings is 1. The van der Waals surface area contributed by atoms with E-state index in [1.54, 1.807) is 18.6 Å². The van der Waals surface area contributed by atoms with Crippen molar-refractivity contribution in [3.05, 3.63) is 54.5 Å². The Kier molecular flexibility index (Phi) is 5.97. The molecule has 0 aliphatic carbocycles. The summed E-state index contributed by atoms with van der Waals surface area (Å²) in [6.45, 7) is 6.94. The first kappa shape index (κ1) is 18.3. The lowest BCUT2D eigenvalue weighted by Gasteiger charge is -2.45. The summed E-state index contributed by atoms with van der Waals surface area (Å²) in [6, 6.07) is 11.0. The van der Waals surface area contributed by atoms with Crippen molar-refractivity contribution >= 4 is 5.82 Å². The molecule has 6 nitrogen and oxygen atoms in total. The third-order valence-corrected chi connectivity index (χ3v) is 5.86. The number of nitrogens with zero attached hydrogens (tertiary/aromatic N) is 5. The van der Waals surface area contributed by atoms with Gasteiger partial charge in [-0.05, 0) is 18.4 Å². The van der Waals surface area contributed by atoms with Crippen molar-refractivity contribution in [3.63, 3.8) is 0 Å². The molecule has 2 fully saturated rings. The normalized spacial score (nSPS) is 24.9. The lowest BCUT2D eigenvalue weighted by atomic mass is 9.99. The van der Waals surface area contributed by atoms with Gasteiger partial charge in [0.15, 0.2) is 0 Å². The molecule has 1 aromatic heterocycles. The highest BCUT2D eigenvalue weighted by molar-refractivity contribution is 5.36. The van der Waals surface area contributed by atoms with Gasteiger partial charge in [-0.3, -0.25) is 9.88 Å². The molecule has 0 saturated carbocycles. The van der Waals surface area contributed by atoms with E-state index in [1.807, 2.05) is 0 Å². The number of hydrogen-bond acceptors (Lipinski definition) is 6. The maximum Gasteiger partial charge on any atom is 0.147 e. The Hall–Kier alpha value is -2.02. The third-order valence-electron chi connectivity index (χ3n) is 5.86. The van der Waals surface area contributed by atoms with Gasteiger partial charge in [0.1, 0.15) is 5.82 Å². The quantitative estimate of drug-likeness (QED) is 0.859. The van der Waals surface area contributed by atoms with Crippen molar-refractivity contribution < 1.29 is 5.11 Å². The Morgan fingerprint density at radius 2 is 1.81 bits per heavy atom. The second-order valence-corrected chi connectivity index (χ2v) is 7.55. The van der Waals surface area contributed by atoms with Gasteiger partial charge in [0.05, 0.1) is 12.3 Å². The molecule has 1 N–H and O–H groups in total. The van der Waals surface area contributed by atoms with Gasteiger partial charge in [0.25, 0.3) is 0 Å². The molecule has 0 amide bonds. The highest BCUT2D eigenvalue weighted by atomic mass is 16.3. The molecule has 2 atom stereocenters. The summed E-state index contributed by atoms with van der Waals surface area (Å²) in [4.78, 5) is 15.7. The number of hydrogen-bond donors (Lipinski definition) is 1. The molecule has 27 heavy (non-hydrogen) atoms. The van der Waals surface area contributed by atoms with Crippen LogP contribution in [-0.2, 0) is 6.42 Å². The summed E-state index contributed by atoms with van der Waals surface area (Å²) in [6.07, 6.45) is 6.92. The fraction of sp³-hybridized carbons (Fsp3) is 0.524. The summed E-state index contributed by atoms with van der Waals surface area (Å²) in [5.74, 6) is 0.862. The van der Waals surface area contributed by atoms with Gasteiger partial charge in [-0.2, -0.15) is 0 Å². The second kappa shape index (κ2) is 8.78. The first-order valence-electron chi connectivity index (χ1n) is 9.99. The molecular formula is C21H29N5O. The monoisotopic (exact) mass is 367 g/mol. The maximum absolute atomic E-state index is 10.7. The fourth-order valence-electron chi connectivity index (χ4n) is 4.26. The van der Waals surface area contributed by atoms with Crippen LogP contribution in [0, 0.1) is 0 Å². The molecule has 3 heterocycles. The highest BCUT2D eigenvalue weighted by Crippen LogP contribution is 2.22. The van der Waals surface area contributed by atoms with Crippen LogP contribution in [0.3, 0.4) is 0 Å². The SMILES string of the molecule is O[C@@H]1CN(c2cnccn2)CC[C@H]1N1CCN(CCc2ccccc2)CC1. The molecule has 0 radical (unpaired) electrons. The molecule has 0 bridgehead atoms. The molecule has 1 aromatic carbocycles. The van der Waals surface area contributed by atoms with E-state index >= 15 is 0 Å². The van der Waals surface area contributed by atoms with E-state index in [2.05, 4.69) is 55.0 Å². The van der Waals surface area contributed by atoms with Gasteiger partial charge in [-0.25, -0.2) is 4.98 Å². The van der Waals surface area contributed by atoms with Crippen LogP contribution in [0.4, 0.5) is 5.82 Å². The van der Waals surface area contributed by atoms with Crippen LogP contribution in [0.5, 0.6) is 0 Å². The molecule has 0 unspecified atom stereocenters. The minimum Gasteiger partial charge on any atom is -0.390 e. The number of piperidine rings is 1. The van der Waals surface area contributed by atoms with Crippen LogP contribution in [0.1, 0.15) is 12.0 Å². The molecule has 2 aliphatic heterocycles. The average Bonchev–Trinajstić information content (AvgIpc) is 2.74. The number of rotatable bonds is 5. The molecule has 4 rings (SSSR count). The van der Waals surface area contributed by atoms with Crippen LogP contribution in [0.15, 0.2) is 48.9 Å². The van der Waals surface area contributed by atoms with Crippen LogP contribution in [0.2, 0.25) is 0 Å². The van der Waals surface area contributed by atoms with E-state index in [4.69, 9.17) is 0 Å². The summed E-state index contributed by atoms with van der Waals surface area (Å²) >= 11 is 0. The molecule has 2 saturated heterocycles. The summed E-state index contributed by atoms with van der Waals surface area (Å²) in [5, 5.41) is 10.7. The van der Waals surface area contributed by atoms with Crippen molar-refractivity contribution in [2.45, 2.75) is 25.0 Å². The molecule has 0 spiro atoms. The Bertz CT molecular complexity index is 690. The van der Waals surface area contributed by atoms with E-state index in [0.29, 0.717) is 6.54 Å². The molecule has 6 heteroatoms. The van der Waals surface area contributed by atoms with Crippen LogP contribution >= 0.6 is 0 Å². The summed E-state index contributed by atoms with van der Waals surface area (Å²) < 4.78 is 0. The Labute approximate surface area is 161 Å². The minimum absolute atomic E-state index is 0.259. The van der Waals surface area contributed by atoms with Crippen molar-refractivity contribution in [1.29, 1.82) is 0 Å². The Morgan fingerprint density at radius 3 is 2.52 bits per heavy atom. The highest BCUT2D eigenvalue weighted by Gasteiger charge is 2.34. The van der Waals surface area contributed by atoms with Crippen LogP contribution in [0.25, 0.3) is 0 Å². The topological polar surface area (TPSA) is 55.7 Å². The van der Waals surface area contributed by atoms with Crippen LogP contribution < -0.4 is 4.90 Å². The zero-order chi connectivity index (χ0) is 18.5. The summed E-state index contributed by atoms with van der Waals surface area (Å²) in [7, 11) is 0. The van der Waals surface area contributed by atoms with E-state index in [0.717, 1.165) is 57.9 Å². The summed E-state index contributed by atoms with van der Waals surface area (Å²) in [5.41, 5.74) is 1.41. The number of anilines is 1. The number of benzene rings is 1.